The highest BCUT2D eigenvalue weighted by molar-refractivity contribution is 8.13. The molecule has 0 aromatic heterocycles. The van der Waals surface area contributed by atoms with Crippen LogP contribution in [0.3, 0.4) is 0 Å². The van der Waals surface area contributed by atoms with Crippen LogP contribution in [0.2, 0.25) is 0 Å². The molecule has 0 fully saturated rings. The molecular formula is C3H9ClO7S3. The summed E-state index contributed by atoms with van der Waals surface area (Å²) in [4.78, 5) is 0. The van der Waals surface area contributed by atoms with Crippen LogP contribution in [0.4, 0.5) is 0 Å². The molecule has 0 saturated carbocycles. The third-order valence-electron chi connectivity index (χ3n) is 0.247. The highest BCUT2D eigenvalue weighted by atomic mass is 35.7. The third-order valence-corrected chi connectivity index (χ3v) is 2.22. The van der Waals surface area contributed by atoms with E-state index in [9.17, 15) is 25.3 Å². The number of hydrogen-bond acceptors (Lipinski definition) is 7. The first-order valence-electron chi connectivity index (χ1n) is 2.71. The van der Waals surface area contributed by atoms with Gasteiger partial charge in [-0.3, -0.25) is 0 Å². The molecule has 0 unspecified atom stereocenters. The van der Waals surface area contributed by atoms with E-state index in [-0.39, 0.29) is 0 Å². The topological polar surface area (TPSA) is 112 Å². The lowest BCUT2D eigenvalue weighted by molar-refractivity contribution is 0.471. The van der Waals surface area contributed by atoms with Crippen LogP contribution in [0.5, 0.6) is 0 Å². The highest BCUT2D eigenvalue weighted by Crippen LogP contribution is 1.92. The summed E-state index contributed by atoms with van der Waals surface area (Å²) in [5.41, 5.74) is 0. The van der Waals surface area contributed by atoms with Crippen molar-refractivity contribution < 1.29 is 28.9 Å². The van der Waals surface area contributed by atoms with E-state index >= 15 is 0 Å². The van der Waals surface area contributed by atoms with Gasteiger partial charge in [-0.15, -0.1) is 3.63 Å². The van der Waals surface area contributed by atoms with Crippen LogP contribution in [0.25, 0.3) is 0 Å². The van der Waals surface area contributed by atoms with Crippen LogP contribution in [0.15, 0.2) is 0 Å². The van der Waals surface area contributed by atoms with Crippen LogP contribution in [0.1, 0.15) is 0 Å². The lowest BCUT2D eigenvalue weighted by Gasteiger charge is -1.92. The Kier molecular flexibility index (Phi) is 6.21. The molecule has 0 aromatic carbocycles. The van der Waals surface area contributed by atoms with Crippen LogP contribution in [-0.2, 0) is 32.9 Å². The zero-order valence-electron chi connectivity index (χ0n) is 7.46. The predicted octanol–water partition coefficient (Wildman–Crippen LogP) is -0.893. The fourth-order valence-electron chi connectivity index (χ4n) is 0.225. The van der Waals surface area contributed by atoms with Gasteiger partial charge in [-0.05, 0) is 0 Å². The van der Waals surface area contributed by atoms with Crippen LogP contribution < -0.4 is 0 Å². The van der Waals surface area contributed by atoms with E-state index in [0.717, 1.165) is 6.26 Å². The monoisotopic (exact) mass is 288 g/mol. The molecule has 0 amide bonds. The first kappa shape index (κ1) is 16.5. The summed E-state index contributed by atoms with van der Waals surface area (Å²) in [5, 5.41) is 0. The fourth-order valence-corrected chi connectivity index (χ4v) is 2.02. The first-order valence-corrected chi connectivity index (χ1v) is 9.06. The maximum atomic E-state index is 10.0. The molecule has 0 atom stereocenters. The zero-order valence-corrected chi connectivity index (χ0v) is 10.7. The van der Waals surface area contributed by atoms with Crippen molar-refractivity contribution in [3.05, 3.63) is 0 Å². The van der Waals surface area contributed by atoms with Gasteiger partial charge in [0.2, 0.25) is 9.05 Å². The lowest BCUT2D eigenvalue weighted by Crippen LogP contribution is -2.09. The number of rotatable bonds is 2. The summed E-state index contributed by atoms with van der Waals surface area (Å²) in [5.74, 6) is 0. The molecule has 0 heterocycles. The van der Waals surface area contributed by atoms with Crippen LogP contribution >= 0.6 is 10.7 Å². The SMILES string of the molecule is CS(=O)(=O)Cl.CS(=O)(=O)OS(C)(=O)=O. The van der Waals surface area contributed by atoms with E-state index in [1.807, 2.05) is 0 Å². The first-order chi connectivity index (χ1) is 5.71. The molecule has 7 nitrogen and oxygen atoms in total. The summed E-state index contributed by atoms with van der Waals surface area (Å²) < 4.78 is 62.5. The van der Waals surface area contributed by atoms with Crippen molar-refractivity contribution in [3.8, 4) is 0 Å². The summed E-state index contributed by atoms with van der Waals surface area (Å²) >= 11 is 0. The molecule has 0 radical (unpaired) electrons. The van der Waals surface area contributed by atoms with Crippen molar-refractivity contribution in [2.24, 2.45) is 0 Å². The predicted molar refractivity (Wildman–Crippen MR) is 51.5 cm³/mol. The van der Waals surface area contributed by atoms with Gasteiger partial charge < -0.3 is 0 Å². The minimum Gasteiger partial charge on any atom is -0.213 e. The lowest BCUT2D eigenvalue weighted by atomic mass is 12.0. The second-order valence-corrected chi connectivity index (χ2v) is 8.56. The van der Waals surface area contributed by atoms with E-state index in [1.165, 1.54) is 0 Å². The van der Waals surface area contributed by atoms with Crippen molar-refractivity contribution in [3.63, 3.8) is 0 Å². The molecule has 0 saturated heterocycles. The van der Waals surface area contributed by atoms with Gasteiger partial charge in [0.15, 0.2) is 0 Å². The van der Waals surface area contributed by atoms with Gasteiger partial charge in [-0.25, -0.2) is 8.42 Å². The Morgan fingerprint density at radius 1 is 0.786 bits per heavy atom. The molecule has 11 heteroatoms. The quantitative estimate of drug-likeness (QED) is 0.606. The molecule has 14 heavy (non-hydrogen) atoms. The molecule has 0 spiro atoms. The van der Waals surface area contributed by atoms with Crippen molar-refractivity contribution in [2.75, 3.05) is 18.8 Å². The smallest absolute Gasteiger partial charge is 0.213 e. The zero-order chi connectivity index (χ0) is 12.2. The summed E-state index contributed by atoms with van der Waals surface area (Å²) in [7, 11) is -6.43. The Morgan fingerprint density at radius 2 is 0.929 bits per heavy atom. The van der Waals surface area contributed by atoms with Gasteiger partial charge in [-0.1, -0.05) is 0 Å². The Balaban J connectivity index is 0. The fraction of sp³-hybridized carbons (Fsp3) is 1.00. The second kappa shape index (κ2) is 5.26. The Labute approximate surface area is 87.7 Å². The molecule has 0 rings (SSSR count). The Hall–Kier alpha value is 0.1000. The molecular weight excluding hydrogens is 280 g/mol. The summed E-state index contributed by atoms with van der Waals surface area (Å²) in [6.45, 7) is 0. The van der Waals surface area contributed by atoms with Crippen molar-refractivity contribution in [1.29, 1.82) is 0 Å². The molecule has 0 aromatic rings. The standard InChI is InChI=1S/C2H6O5S2.CH3ClO2S/c1-8(3,4)7-9(2,5)6;1-5(2,3)4/h1-2H3;1H3. The maximum absolute atomic E-state index is 10.0. The molecule has 0 aliphatic heterocycles. The largest absolute Gasteiger partial charge is 0.278 e. The highest BCUT2D eigenvalue weighted by Gasteiger charge is 2.10. The third kappa shape index (κ3) is 40.1. The average molecular weight is 289 g/mol. The number of halogens is 1. The van der Waals surface area contributed by atoms with Gasteiger partial charge >= 0.3 is 0 Å². The minimum absolute atomic E-state index is 0.661. The Morgan fingerprint density at radius 3 is 0.929 bits per heavy atom. The normalized spacial score (nSPS) is 12.9. The minimum atomic E-state index is -3.87. The van der Waals surface area contributed by atoms with E-state index in [2.05, 4.69) is 14.3 Å². The molecule has 0 aliphatic rings. The van der Waals surface area contributed by atoms with E-state index in [4.69, 9.17) is 0 Å². The van der Waals surface area contributed by atoms with Crippen molar-refractivity contribution in [1.82, 2.24) is 0 Å². The second-order valence-electron chi connectivity index (χ2n) is 2.16. The molecule has 0 aliphatic carbocycles. The summed E-state index contributed by atoms with van der Waals surface area (Å²) in [6, 6.07) is 0. The van der Waals surface area contributed by atoms with E-state index < -0.39 is 29.3 Å². The van der Waals surface area contributed by atoms with Crippen molar-refractivity contribution in [2.45, 2.75) is 0 Å². The average Bonchev–Trinajstić information content (AvgIpc) is 1.42. The van der Waals surface area contributed by atoms with Crippen molar-refractivity contribution >= 4 is 40.0 Å². The maximum Gasteiger partial charge on any atom is 0.278 e. The molecule has 0 N–H and O–H groups in total. The number of hydrogen-bond donors (Lipinski definition) is 0. The Bertz CT molecular complexity index is 416. The molecule has 88 valence electrons. The van der Waals surface area contributed by atoms with E-state index in [0.29, 0.717) is 12.5 Å². The van der Waals surface area contributed by atoms with Gasteiger partial charge in [0, 0.05) is 10.7 Å². The van der Waals surface area contributed by atoms with Gasteiger partial charge in [0.05, 0.1) is 18.8 Å². The van der Waals surface area contributed by atoms with E-state index in [1.54, 1.807) is 0 Å². The van der Waals surface area contributed by atoms with Crippen LogP contribution in [0, 0.1) is 0 Å². The van der Waals surface area contributed by atoms with Gasteiger partial charge in [0.25, 0.3) is 20.2 Å². The summed E-state index contributed by atoms with van der Waals surface area (Å²) in [6.07, 6.45) is 2.25. The van der Waals surface area contributed by atoms with Crippen LogP contribution in [-0.4, -0.2) is 44.0 Å². The van der Waals surface area contributed by atoms with Gasteiger partial charge in [0.1, 0.15) is 0 Å². The molecule has 0 bridgehead atoms. The van der Waals surface area contributed by atoms with Gasteiger partial charge in [-0.2, -0.15) is 16.8 Å².